The van der Waals surface area contributed by atoms with Gasteiger partial charge in [-0.2, -0.15) is 0 Å². The van der Waals surface area contributed by atoms with Crippen LogP contribution < -0.4 is 10.6 Å². The minimum absolute atomic E-state index is 0.247. The molecule has 1 aromatic carbocycles. The first-order valence-corrected chi connectivity index (χ1v) is 6.73. The van der Waals surface area contributed by atoms with Crippen molar-refractivity contribution in [3.8, 4) is 0 Å². The molecule has 1 aliphatic rings. The molecule has 0 amide bonds. The van der Waals surface area contributed by atoms with Gasteiger partial charge in [0, 0.05) is 36.3 Å². The Balaban J connectivity index is 2.00. The van der Waals surface area contributed by atoms with Gasteiger partial charge in [0.1, 0.15) is 0 Å². The second-order valence-electron chi connectivity index (χ2n) is 5.31. The van der Waals surface area contributed by atoms with Crippen molar-refractivity contribution in [3.05, 3.63) is 30.5 Å². The number of hydrogen-bond donors (Lipinski definition) is 2. The van der Waals surface area contributed by atoms with Crippen molar-refractivity contribution in [1.82, 2.24) is 4.98 Å². The first kappa shape index (κ1) is 12.2. The van der Waals surface area contributed by atoms with E-state index in [0.29, 0.717) is 11.6 Å². The molecule has 0 radical (unpaired) electrons. The Morgan fingerprint density at radius 1 is 1.42 bits per heavy atom. The van der Waals surface area contributed by atoms with Gasteiger partial charge in [-0.25, -0.2) is 0 Å². The number of pyridine rings is 1. The van der Waals surface area contributed by atoms with Crippen molar-refractivity contribution in [2.75, 3.05) is 23.7 Å². The van der Waals surface area contributed by atoms with Crippen LogP contribution in [0.15, 0.2) is 30.5 Å². The van der Waals surface area contributed by atoms with Gasteiger partial charge in [0.25, 0.3) is 0 Å². The zero-order valence-electron chi connectivity index (χ0n) is 11.1. The lowest BCUT2D eigenvalue weighted by Gasteiger charge is -2.21. The van der Waals surface area contributed by atoms with Crippen molar-refractivity contribution < 1.29 is 5.11 Å². The third-order valence-corrected chi connectivity index (χ3v) is 4.03. The highest BCUT2D eigenvalue weighted by atomic mass is 16.3. The van der Waals surface area contributed by atoms with Crippen LogP contribution in [0.5, 0.6) is 0 Å². The molecule has 2 heterocycles. The Bertz CT molecular complexity index is 597. The van der Waals surface area contributed by atoms with E-state index in [-0.39, 0.29) is 6.10 Å². The smallest absolute Gasteiger partial charge is 0.0951 e. The summed E-state index contributed by atoms with van der Waals surface area (Å²) in [4.78, 5) is 6.69. The van der Waals surface area contributed by atoms with Crippen molar-refractivity contribution >= 4 is 22.3 Å². The summed E-state index contributed by atoms with van der Waals surface area (Å²) in [6.07, 6.45) is 2.55. The maximum absolute atomic E-state index is 9.72. The number of benzene rings is 1. The van der Waals surface area contributed by atoms with E-state index in [2.05, 4.69) is 22.0 Å². The minimum atomic E-state index is -0.247. The molecule has 0 aliphatic carbocycles. The molecule has 19 heavy (non-hydrogen) atoms. The molecular formula is C15H19N3O. The third kappa shape index (κ3) is 2.12. The summed E-state index contributed by atoms with van der Waals surface area (Å²) in [5, 5.41) is 10.8. The lowest BCUT2D eigenvalue weighted by atomic mass is 10.0. The Hall–Kier alpha value is -1.81. The summed E-state index contributed by atoms with van der Waals surface area (Å²) in [7, 11) is 0. The fourth-order valence-corrected chi connectivity index (χ4v) is 2.86. The topological polar surface area (TPSA) is 62.4 Å². The average Bonchev–Trinajstić information content (AvgIpc) is 2.89. The highest BCUT2D eigenvalue weighted by molar-refractivity contribution is 5.98. The number of aliphatic hydroxyl groups excluding tert-OH is 1. The molecular weight excluding hydrogens is 238 g/mol. The van der Waals surface area contributed by atoms with Crippen LogP contribution >= 0.6 is 0 Å². The lowest BCUT2D eigenvalue weighted by Crippen LogP contribution is -2.24. The predicted octanol–water partition coefficient (Wildman–Crippen LogP) is 2.02. The van der Waals surface area contributed by atoms with E-state index in [9.17, 15) is 5.11 Å². The number of nitrogen functional groups attached to an aromatic ring is 1. The second-order valence-corrected chi connectivity index (χ2v) is 5.31. The van der Waals surface area contributed by atoms with Crippen molar-refractivity contribution in [2.24, 2.45) is 5.92 Å². The quantitative estimate of drug-likeness (QED) is 0.808. The van der Waals surface area contributed by atoms with Crippen molar-refractivity contribution in [2.45, 2.75) is 19.4 Å². The Kier molecular flexibility index (Phi) is 3.03. The molecule has 100 valence electrons. The normalized spacial score (nSPS) is 20.9. The minimum Gasteiger partial charge on any atom is -0.397 e. The van der Waals surface area contributed by atoms with Gasteiger partial charge in [-0.05, 0) is 37.6 Å². The molecule has 3 rings (SSSR count). The van der Waals surface area contributed by atoms with Crippen LogP contribution in [0, 0.1) is 5.92 Å². The van der Waals surface area contributed by atoms with Gasteiger partial charge in [0.15, 0.2) is 0 Å². The maximum atomic E-state index is 9.72. The molecule has 1 fully saturated rings. The Morgan fingerprint density at radius 3 is 3.00 bits per heavy atom. The lowest BCUT2D eigenvalue weighted by molar-refractivity contribution is 0.136. The standard InChI is InChI=1S/C15H19N3O/c1-10(19)11-6-8-18(9-11)14-5-4-13(16)15-12(14)3-2-7-17-15/h2-5,7,10-11,19H,6,8-9,16H2,1H3. The van der Waals surface area contributed by atoms with Gasteiger partial charge in [-0.3, -0.25) is 4.98 Å². The third-order valence-electron chi connectivity index (χ3n) is 4.03. The van der Waals surface area contributed by atoms with Crippen molar-refractivity contribution in [3.63, 3.8) is 0 Å². The molecule has 3 N–H and O–H groups in total. The molecule has 1 saturated heterocycles. The zero-order chi connectivity index (χ0) is 13.4. The monoisotopic (exact) mass is 257 g/mol. The summed E-state index contributed by atoms with van der Waals surface area (Å²) in [6, 6.07) is 7.97. The van der Waals surface area contributed by atoms with Crippen LogP contribution in [0.25, 0.3) is 10.9 Å². The number of nitrogens with zero attached hydrogens (tertiary/aromatic N) is 2. The van der Waals surface area contributed by atoms with E-state index >= 15 is 0 Å². The van der Waals surface area contributed by atoms with Gasteiger partial charge >= 0.3 is 0 Å². The predicted molar refractivity (Wildman–Crippen MR) is 78.2 cm³/mol. The summed E-state index contributed by atoms with van der Waals surface area (Å²) in [5.74, 6) is 0.351. The molecule has 0 saturated carbocycles. The van der Waals surface area contributed by atoms with Crippen LogP contribution in [-0.4, -0.2) is 29.3 Å². The van der Waals surface area contributed by atoms with E-state index in [1.54, 1.807) is 6.20 Å². The first-order valence-electron chi connectivity index (χ1n) is 6.73. The molecule has 4 nitrogen and oxygen atoms in total. The van der Waals surface area contributed by atoms with Gasteiger partial charge in [-0.15, -0.1) is 0 Å². The maximum Gasteiger partial charge on any atom is 0.0951 e. The van der Waals surface area contributed by atoms with Crippen LogP contribution in [0.1, 0.15) is 13.3 Å². The highest BCUT2D eigenvalue weighted by Crippen LogP contribution is 2.33. The van der Waals surface area contributed by atoms with Gasteiger partial charge in [0.05, 0.1) is 17.3 Å². The Morgan fingerprint density at radius 2 is 2.26 bits per heavy atom. The highest BCUT2D eigenvalue weighted by Gasteiger charge is 2.27. The fourth-order valence-electron chi connectivity index (χ4n) is 2.86. The molecule has 4 heteroatoms. The fraction of sp³-hybridized carbons (Fsp3) is 0.400. The number of hydrogen-bond acceptors (Lipinski definition) is 4. The summed E-state index contributed by atoms with van der Waals surface area (Å²) >= 11 is 0. The van der Waals surface area contributed by atoms with Crippen LogP contribution in [-0.2, 0) is 0 Å². The molecule has 0 spiro atoms. The molecule has 2 aromatic rings. The SMILES string of the molecule is CC(O)C1CCN(c2ccc(N)c3ncccc23)C1. The van der Waals surface area contributed by atoms with Crippen LogP contribution in [0.2, 0.25) is 0 Å². The summed E-state index contributed by atoms with van der Waals surface area (Å²) < 4.78 is 0. The number of anilines is 2. The molecule has 2 atom stereocenters. The van der Waals surface area contributed by atoms with Crippen LogP contribution in [0.3, 0.4) is 0 Å². The second kappa shape index (κ2) is 4.70. The molecule has 0 bridgehead atoms. The summed E-state index contributed by atoms with van der Waals surface area (Å²) in [5.41, 5.74) is 8.72. The zero-order valence-corrected chi connectivity index (χ0v) is 11.1. The van der Waals surface area contributed by atoms with E-state index < -0.39 is 0 Å². The Labute approximate surface area is 112 Å². The molecule has 1 aliphatic heterocycles. The van der Waals surface area contributed by atoms with Gasteiger partial charge in [-0.1, -0.05) is 0 Å². The molecule has 1 aromatic heterocycles. The first-order chi connectivity index (χ1) is 9.16. The van der Waals surface area contributed by atoms with Crippen molar-refractivity contribution in [1.29, 1.82) is 0 Å². The largest absolute Gasteiger partial charge is 0.397 e. The van der Waals surface area contributed by atoms with E-state index in [0.717, 1.165) is 30.4 Å². The number of aromatic nitrogens is 1. The number of fused-ring (bicyclic) bond motifs is 1. The average molecular weight is 257 g/mol. The van der Waals surface area contributed by atoms with E-state index in [4.69, 9.17) is 5.73 Å². The number of nitrogens with two attached hydrogens (primary N) is 1. The summed E-state index contributed by atoms with van der Waals surface area (Å²) in [6.45, 7) is 3.74. The van der Waals surface area contributed by atoms with E-state index in [1.807, 2.05) is 19.1 Å². The van der Waals surface area contributed by atoms with Gasteiger partial charge < -0.3 is 15.7 Å². The number of aliphatic hydroxyl groups is 1. The van der Waals surface area contributed by atoms with E-state index in [1.165, 1.54) is 5.69 Å². The van der Waals surface area contributed by atoms with Crippen LogP contribution in [0.4, 0.5) is 11.4 Å². The molecule has 2 unspecified atom stereocenters. The number of rotatable bonds is 2. The van der Waals surface area contributed by atoms with Gasteiger partial charge in [0.2, 0.25) is 0 Å².